The minimum Gasteiger partial charge on any atom is -0.393 e. The third-order valence-electron chi connectivity index (χ3n) is 2.33. The summed E-state index contributed by atoms with van der Waals surface area (Å²) in [5.41, 5.74) is 0.618. The molecule has 0 aliphatic heterocycles. The Balaban J connectivity index is 2.12. The molecule has 0 aromatic carbocycles. The summed E-state index contributed by atoms with van der Waals surface area (Å²) in [7, 11) is 1.92. The van der Waals surface area contributed by atoms with E-state index < -0.39 is 0 Å². The normalized spacial score (nSPS) is 12.9. The van der Waals surface area contributed by atoms with E-state index in [4.69, 9.17) is 0 Å². The van der Waals surface area contributed by atoms with Crippen molar-refractivity contribution in [1.29, 1.82) is 0 Å². The summed E-state index contributed by atoms with van der Waals surface area (Å²) < 4.78 is 1.38. The van der Waals surface area contributed by atoms with Crippen molar-refractivity contribution in [3.63, 3.8) is 0 Å². The maximum absolute atomic E-state index is 9.20. The van der Waals surface area contributed by atoms with Crippen LogP contribution >= 0.6 is 0 Å². The quantitative estimate of drug-likeness (QED) is 0.767. The highest BCUT2D eigenvalue weighted by molar-refractivity contribution is 5.43. The van der Waals surface area contributed by atoms with Crippen LogP contribution in [0, 0.1) is 0 Å². The van der Waals surface area contributed by atoms with Gasteiger partial charge in [0.05, 0.1) is 6.10 Å². The highest BCUT2D eigenvalue weighted by Gasteiger charge is 2.06. The van der Waals surface area contributed by atoms with Crippen molar-refractivity contribution in [3.05, 3.63) is 12.1 Å². The first-order valence-corrected chi connectivity index (χ1v) is 5.11. The lowest BCUT2D eigenvalue weighted by Crippen LogP contribution is -2.23. The second-order valence-corrected chi connectivity index (χ2v) is 3.78. The summed E-state index contributed by atoms with van der Waals surface area (Å²) in [6, 6.07) is 3.66. The molecule has 1 unspecified atom stereocenters. The molecule has 0 radical (unpaired) electrons. The van der Waals surface area contributed by atoms with Gasteiger partial charge in [0, 0.05) is 13.6 Å². The van der Waals surface area contributed by atoms with Crippen LogP contribution in [0.2, 0.25) is 0 Å². The molecule has 1 N–H and O–H groups in total. The Kier molecular flexibility index (Phi) is 2.95. The molecule has 16 heavy (non-hydrogen) atoms. The van der Waals surface area contributed by atoms with E-state index in [1.165, 1.54) is 4.63 Å². The number of tetrazole rings is 1. The molecule has 2 aromatic heterocycles. The van der Waals surface area contributed by atoms with Crippen LogP contribution in [0.5, 0.6) is 0 Å². The predicted molar refractivity (Wildman–Crippen MR) is 58.1 cm³/mol. The third-order valence-corrected chi connectivity index (χ3v) is 2.33. The standard InChI is InChI=1S/C9H14N6O/c1-7(16)5-6-14(2)9-4-3-8-10-12-13-15(8)11-9/h3-4,7,16H,5-6H2,1-2H3. The zero-order chi connectivity index (χ0) is 11.5. The van der Waals surface area contributed by atoms with Crippen LogP contribution in [0.3, 0.4) is 0 Å². The van der Waals surface area contributed by atoms with Crippen LogP contribution < -0.4 is 4.90 Å². The third kappa shape index (κ3) is 2.25. The molecule has 0 bridgehead atoms. The second-order valence-electron chi connectivity index (χ2n) is 3.78. The van der Waals surface area contributed by atoms with Gasteiger partial charge in [0.2, 0.25) is 0 Å². The lowest BCUT2D eigenvalue weighted by molar-refractivity contribution is 0.187. The molecule has 0 aliphatic carbocycles. The topological polar surface area (TPSA) is 79.4 Å². The van der Waals surface area contributed by atoms with Crippen LogP contribution in [0.4, 0.5) is 5.82 Å². The van der Waals surface area contributed by atoms with Gasteiger partial charge >= 0.3 is 0 Å². The number of aliphatic hydroxyl groups excluding tert-OH is 1. The molecule has 86 valence electrons. The van der Waals surface area contributed by atoms with E-state index in [1.807, 2.05) is 18.0 Å². The molecule has 0 amide bonds. The van der Waals surface area contributed by atoms with Crippen molar-refractivity contribution in [3.8, 4) is 0 Å². The first-order chi connectivity index (χ1) is 7.66. The van der Waals surface area contributed by atoms with Gasteiger partial charge in [0.15, 0.2) is 11.5 Å². The van der Waals surface area contributed by atoms with Crippen molar-refractivity contribution >= 4 is 11.5 Å². The Labute approximate surface area is 92.7 Å². The van der Waals surface area contributed by atoms with E-state index in [9.17, 15) is 5.11 Å². The zero-order valence-electron chi connectivity index (χ0n) is 9.28. The van der Waals surface area contributed by atoms with Gasteiger partial charge in [-0.1, -0.05) is 0 Å². The fourth-order valence-electron chi connectivity index (χ4n) is 1.34. The Morgan fingerprint density at radius 3 is 3.06 bits per heavy atom. The van der Waals surface area contributed by atoms with E-state index in [0.29, 0.717) is 12.1 Å². The van der Waals surface area contributed by atoms with Crippen LogP contribution in [-0.4, -0.2) is 50.1 Å². The summed E-state index contributed by atoms with van der Waals surface area (Å²) in [6.07, 6.45) is 0.394. The molecule has 0 fully saturated rings. The van der Waals surface area contributed by atoms with E-state index in [-0.39, 0.29) is 6.10 Å². The number of fused-ring (bicyclic) bond motifs is 1. The summed E-state index contributed by atoms with van der Waals surface area (Å²) in [6.45, 7) is 2.50. The molecule has 7 heteroatoms. The number of rotatable bonds is 4. The van der Waals surface area contributed by atoms with Gasteiger partial charge in [-0.15, -0.1) is 14.8 Å². The number of nitrogens with zero attached hydrogens (tertiary/aromatic N) is 6. The fourth-order valence-corrected chi connectivity index (χ4v) is 1.34. The molecule has 0 spiro atoms. The number of anilines is 1. The van der Waals surface area contributed by atoms with Crippen LogP contribution in [-0.2, 0) is 0 Å². The Bertz CT molecular complexity index is 468. The van der Waals surface area contributed by atoms with Gasteiger partial charge in [-0.05, 0) is 35.9 Å². The molecular formula is C9H14N6O. The number of aromatic nitrogens is 5. The Morgan fingerprint density at radius 1 is 1.50 bits per heavy atom. The lowest BCUT2D eigenvalue weighted by Gasteiger charge is -2.18. The molecule has 2 heterocycles. The van der Waals surface area contributed by atoms with Crippen molar-refractivity contribution < 1.29 is 5.11 Å². The smallest absolute Gasteiger partial charge is 0.200 e. The maximum Gasteiger partial charge on any atom is 0.200 e. The summed E-state index contributed by atoms with van der Waals surface area (Å²) in [4.78, 5) is 1.95. The lowest BCUT2D eigenvalue weighted by atomic mass is 10.3. The Hall–Kier alpha value is -1.76. The molecule has 0 saturated heterocycles. The van der Waals surface area contributed by atoms with Crippen LogP contribution in [0.15, 0.2) is 12.1 Å². The number of hydrogen-bond donors (Lipinski definition) is 1. The summed E-state index contributed by atoms with van der Waals surface area (Å²) in [5.74, 6) is 0.778. The molecule has 2 aromatic rings. The van der Waals surface area contributed by atoms with E-state index in [0.717, 1.165) is 12.4 Å². The van der Waals surface area contributed by atoms with Gasteiger partial charge in [-0.25, -0.2) is 0 Å². The monoisotopic (exact) mass is 222 g/mol. The summed E-state index contributed by atoms with van der Waals surface area (Å²) >= 11 is 0. The molecular weight excluding hydrogens is 208 g/mol. The average Bonchev–Trinajstić information content (AvgIpc) is 2.72. The van der Waals surface area contributed by atoms with Gasteiger partial charge in [0.1, 0.15) is 0 Å². The van der Waals surface area contributed by atoms with Crippen molar-refractivity contribution in [1.82, 2.24) is 25.3 Å². The largest absolute Gasteiger partial charge is 0.393 e. The van der Waals surface area contributed by atoms with Gasteiger partial charge in [-0.3, -0.25) is 0 Å². The van der Waals surface area contributed by atoms with Crippen LogP contribution in [0.1, 0.15) is 13.3 Å². The van der Waals surface area contributed by atoms with Crippen molar-refractivity contribution in [2.24, 2.45) is 0 Å². The molecule has 2 rings (SSSR count). The molecule has 0 saturated carbocycles. The SMILES string of the molecule is CC(O)CCN(C)c1ccc2nnnn2n1. The predicted octanol–water partition coefficient (Wildman–Crippen LogP) is -0.274. The van der Waals surface area contributed by atoms with Crippen LogP contribution in [0.25, 0.3) is 5.65 Å². The summed E-state index contributed by atoms with van der Waals surface area (Å²) in [5, 5.41) is 24.5. The fraction of sp³-hybridized carbons (Fsp3) is 0.556. The van der Waals surface area contributed by atoms with Crippen molar-refractivity contribution in [2.75, 3.05) is 18.5 Å². The Morgan fingerprint density at radius 2 is 2.31 bits per heavy atom. The number of aliphatic hydroxyl groups is 1. The van der Waals surface area contributed by atoms with Gasteiger partial charge in [-0.2, -0.15) is 0 Å². The minimum atomic E-state index is -0.306. The van der Waals surface area contributed by atoms with Gasteiger partial charge < -0.3 is 10.0 Å². The zero-order valence-corrected chi connectivity index (χ0v) is 9.28. The van der Waals surface area contributed by atoms with E-state index in [1.54, 1.807) is 13.0 Å². The first-order valence-electron chi connectivity index (χ1n) is 5.11. The average molecular weight is 222 g/mol. The van der Waals surface area contributed by atoms with Gasteiger partial charge in [0.25, 0.3) is 0 Å². The van der Waals surface area contributed by atoms with Crippen molar-refractivity contribution in [2.45, 2.75) is 19.4 Å². The highest BCUT2D eigenvalue weighted by atomic mass is 16.3. The van der Waals surface area contributed by atoms with E-state index >= 15 is 0 Å². The second kappa shape index (κ2) is 4.40. The maximum atomic E-state index is 9.20. The number of hydrogen-bond acceptors (Lipinski definition) is 6. The molecule has 0 aliphatic rings. The minimum absolute atomic E-state index is 0.306. The van der Waals surface area contributed by atoms with E-state index in [2.05, 4.69) is 20.6 Å². The molecule has 1 atom stereocenters. The molecule has 7 nitrogen and oxygen atoms in total. The highest BCUT2D eigenvalue weighted by Crippen LogP contribution is 2.09. The first kappa shape index (κ1) is 10.7.